The number of hydrogen-bond acceptors (Lipinski definition) is 4. The van der Waals surface area contributed by atoms with Crippen LogP contribution in [-0.2, 0) is 6.42 Å². The van der Waals surface area contributed by atoms with Gasteiger partial charge in [0, 0.05) is 36.2 Å². The Hall–Kier alpha value is -1.20. The zero-order valence-electron chi connectivity index (χ0n) is 11.3. The highest BCUT2D eigenvalue weighted by Crippen LogP contribution is 2.26. The number of nitrogens with zero attached hydrogens (tertiary/aromatic N) is 3. The van der Waals surface area contributed by atoms with Crippen LogP contribution < -0.4 is 0 Å². The van der Waals surface area contributed by atoms with Crippen molar-refractivity contribution in [3.63, 3.8) is 0 Å². The maximum Gasteiger partial charge on any atom is 0.0897 e. The highest BCUT2D eigenvalue weighted by Gasteiger charge is 2.21. The lowest BCUT2D eigenvalue weighted by Crippen LogP contribution is -2.34. The summed E-state index contributed by atoms with van der Waals surface area (Å²) >= 11 is 1.75. The molecular formula is C14H20N4S. The van der Waals surface area contributed by atoms with Crippen LogP contribution in [-0.4, -0.2) is 39.7 Å². The number of hydrogen-bond donors (Lipinski definition) is 1. The molecule has 0 aliphatic carbocycles. The highest BCUT2D eigenvalue weighted by atomic mass is 32.1. The summed E-state index contributed by atoms with van der Waals surface area (Å²) in [5, 5.41) is 10.5. The van der Waals surface area contributed by atoms with E-state index in [4.69, 9.17) is 0 Å². The topological polar surface area (TPSA) is 44.8 Å². The average molecular weight is 276 g/mol. The first-order valence-electron chi connectivity index (χ1n) is 6.94. The second kappa shape index (κ2) is 5.84. The summed E-state index contributed by atoms with van der Waals surface area (Å²) in [7, 11) is 0. The monoisotopic (exact) mass is 276 g/mol. The van der Waals surface area contributed by atoms with Gasteiger partial charge in [-0.1, -0.05) is 0 Å². The van der Waals surface area contributed by atoms with Crippen molar-refractivity contribution in [2.24, 2.45) is 0 Å². The first-order chi connectivity index (χ1) is 9.31. The van der Waals surface area contributed by atoms with Gasteiger partial charge in [0.25, 0.3) is 0 Å². The molecule has 0 amide bonds. The summed E-state index contributed by atoms with van der Waals surface area (Å²) < 4.78 is 0. The molecule has 1 fully saturated rings. The smallest absolute Gasteiger partial charge is 0.0897 e. The fraction of sp³-hybridized carbons (Fsp3) is 0.571. The number of aryl methyl sites for hydroxylation is 1. The molecule has 0 aromatic carbocycles. The predicted octanol–water partition coefficient (Wildman–Crippen LogP) is 2.60. The summed E-state index contributed by atoms with van der Waals surface area (Å²) in [6.07, 6.45) is 5.40. The van der Waals surface area contributed by atoms with E-state index in [2.05, 4.69) is 38.5 Å². The SMILES string of the molecule is Cc1nc(CCN2CCC(c3ccn[nH]3)CC2)cs1. The zero-order chi connectivity index (χ0) is 13.1. The number of rotatable bonds is 4. The van der Waals surface area contributed by atoms with E-state index < -0.39 is 0 Å². The molecule has 0 unspecified atom stereocenters. The number of nitrogens with one attached hydrogen (secondary N) is 1. The third-order valence-electron chi connectivity index (χ3n) is 3.90. The summed E-state index contributed by atoms with van der Waals surface area (Å²) in [5.41, 5.74) is 2.55. The molecule has 2 aromatic heterocycles. The van der Waals surface area contributed by atoms with E-state index in [1.807, 2.05) is 6.20 Å². The van der Waals surface area contributed by atoms with Crippen molar-refractivity contribution in [2.45, 2.75) is 32.1 Å². The van der Waals surface area contributed by atoms with Gasteiger partial charge in [-0.15, -0.1) is 11.3 Å². The molecule has 3 rings (SSSR count). The summed E-state index contributed by atoms with van der Waals surface area (Å²) in [5.74, 6) is 0.667. The second-order valence-electron chi connectivity index (χ2n) is 5.24. The van der Waals surface area contributed by atoms with Crippen molar-refractivity contribution in [3.8, 4) is 0 Å². The van der Waals surface area contributed by atoms with Crippen molar-refractivity contribution in [3.05, 3.63) is 34.0 Å². The Morgan fingerprint density at radius 2 is 2.26 bits per heavy atom. The summed E-state index contributed by atoms with van der Waals surface area (Å²) in [6.45, 7) is 5.59. The molecule has 1 N–H and O–H groups in total. The molecule has 1 aliphatic rings. The van der Waals surface area contributed by atoms with E-state index in [0.717, 1.165) is 13.0 Å². The number of piperidine rings is 1. The lowest BCUT2D eigenvalue weighted by molar-refractivity contribution is 0.212. The van der Waals surface area contributed by atoms with Gasteiger partial charge < -0.3 is 4.90 Å². The van der Waals surface area contributed by atoms with Crippen LogP contribution >= 0.6 is 11.3 Å². The number of thiazole rings is 1. The predicted molar refractivity (Wildman–Crippen MR) is 77.6 cm³/mol. The van der Waals surface area contributed by atoms with Crippen molar-refractivity contribution in [2.75, 3.05) is 19.6 Å². The van der Waals surface area contributed by atoms with Crippen LogP contribution in [0.25, 0.3) is 0 Å². The van der Waals surface area contributed by atoms with Crippen molar-refractivity contribution >= 4 is 11.3 Å². The molecule has 102 valence electrons. The van der Waals surface area contributed by atoms with Gasteiger partial charge in [-0.25, -0.2) is 4.98 Å². The molecule has 19 heavy (non-hydrogen) atoms. The van der Waals surface area contributed by atoms with Crippen LogP contribution in [0.4, 0.5) is 0 Å². The van der Waals surface area contributed by atoms with Gasteiger partial charge in [-0.3, -0.25) is 5.10 Å². The van der Waals surface area contributed by atoms with E-state index >= 15 is 0 Å². The molecule has 0 bridgehead atoms. The number of aromatic amines is 1. The Kier molecular flexibility index (Phi) is 3.94. The average Bonchev–Trinajstić information content (AvgIpc) is 3.08. The van der Waals surface area contributed by atoms with Crippen molar-refractivity contribution in [1.82, 2.24) is 20.1 Å². The van der Waals surface area contributed by atoms with Crippen LogP contribution in [0.15, 0.2) is 17.6 Å². The Labute approximate surface area is 117 Å². The van der Waals surface area contributed by atoms with E-state index in [1.165, 1.54) is 42.3 Å². The minimum Gasteiger partial charge on any atom is -0.303 e. The third-order valence-corrected chi connectivity index (χ3v) is 4.72. The van der Waals surface area contributed by atoms with Gasteiger partial charge in [0.2, 0.25) is 0 Å². The summed E-state index contributed by atoms with van der Waals surface area (Å²) in [4.78, 5) is 7.09. The molecule has 0 radical (unpaired) electrons. The standard InChI is InChI=1S/C14H20N4S/c1-11-16-13(10-19-11)5-9-18-7-3-12(4-8-18)14-2-6-15-17-14/h2,6,10,12H,3-5,7-9H2,1H3,(H,15,17). The van der Waals surface area contributed by atoms with Crippen LogP contribution in [0.3, 0.4) is 0 Å². The first-order valence-corrected chi connectivity index (χ1v) is 7.82. The minimum atomic E-state index is 0.667. The molecule has 2 aromatic rings. The van der Waals surface area contributed by atoms with Gasteiger partial charge in [0.15, 0.2) is 0 Å². The lowest BCUT2D eigenvalue weighted by atomic mass is 9.93. The number of aromatic nitrogens is 3. The molecule has 4 nitrogen and oxygen atoms in total. The minimum absolute atomic E-state index is 0.667. The van der Waals surface area contributed by atoms with Gasteiger partial charge >= 0.3 is 0 Å². The van der Waals surface area contributed by atoms with E-state index in [1.54, 1.807) is 11.3 Å². The second-order valence-corrected chi connectivity index (χ2v) is 6.30. The van der Waals surface area contributed by atoms with E-state index in [0.29, 0.717) is 5.92 Å². The molecule has 0 saturated carbocycles. The van der Waals surface area contributed by atoms with Gasteiger partial charge in [0.1, 0.15) is 0 Å². The first kappa shape index (κ1) is 12.8. The highest BCUT2D eigenvalue weighted by molar-refractivity contribution is 7.09. The molecule has 5 heteroatoms. The molecule has 0 atom stereocenters. The Morgan fingerprint density at radius 1 is 1.42 bits per heavy atom. The van der Waals surface area contributed by atoms with Crippen LogP contribution in [0.1, 0.15) is 35.2 Å². The maximum absolute atomic E-state index is 4.53. The fourth-order valence-electron chi connectivity index (χ4n) is 2.76. The van der Waals surface area contributed by atoms with E-state index in [-0.39, 0.29) is 0 Å². The Balaban J connectivity index is 1.45. The normalized spacial score (nSPS) is 17.9. The molecule has 1 saturated heterocycles. The van der Waals surface area contributed by atoms with Crippen LogP contribution in [0.5, 0.6) is 0 Å². The summed E-state index contributed by atoms with van der Waals surface area (Å²) in [6, 6.07) is 2.11. The third kappa shape index (κ3) is 3.22. The molecule has 3 heterocycles. The van der Waals surface area contributed by atoms with Crippen LogP contribution in [0.2, 0.25) is 0 Å². The van der Waals surface area contributed by atoms with Crippen molar-refractivity contribution < 1.29 is 0 Å². The maximum atomic E-state index is 4.53. The molecule has 0 spiro atoms. The van der Waals surface area contributed by atoms with Crippen LogP contribution in [0, 0.1) is 6.92 Å². The number of likely N-dealkylation sites (tertiary alicyclic amines) is 1. The lowest BCUT2D eigenvalue weighted by Gasteiger charge is -2.31. The molecular weight excluding hydrogens is 256 g/mol. The number of H-pyrrole nitrogens is 1. The quantitative estimate of drug-likeness (QED) is 0.933. The van der Waals surface area contributed by atoms with Gasteiger partial charge in [-0.2, -0.15) is 5.10 Å². The zero-order valence-corrected chi connectivity index (χ0v) is 12.1. The van der Waals surface area contributed by atoms with E-state index in [9.17, 15) is 0 Å². The Morgan fingerprint density at radius 3 is 2.89 bits per heavy atom. The fourth-order valence-corrected chi connectivity index (χ4v) is 3.40. The van der Waals surface area contributed by atoms with Gasteiger partial charge in [-0.05, 0) is 38.9 Å². The van der Waals surface area contributed by atoms with Crippen molar-refractivity contribution in [1.29, 1.82) is 0 Å². The van der Waals surface area contributed by atoms with Gasteiger partial charge in [0.05, 0.1) is 10.7 Å². The Bertz CT molecular complexity index is 497. The largest absolute Gasteiger partial charge is 0.303 e. The molecule has 1 aliphatic heterocycles.